The third-order valence-electron chi connectivity index (χ3n) is 4.95. The molecule has 2 heterocycles. The first-order valence-electron chi connectivity index (χ1n) is 9.38. The van der Waals surface area contributed by atoms with E-state index >= 15 is 0 Å². The molecule has 10 nitrogen and oxygen atoms in total. The first-order valence-corrected chi connectivity index (χ1v) is 9.38. The second-order valence-electron chi connectivity index (χ2n) is 6.83. The van der Waals surface area contributed by atoms with Crippen LogP contribution in [0.15, 0.2) is 6.20 Å². The van der Waals surface area contributed by atoms with Crippen molar-refractivity contribution in [3.8, 4) is 5.88 Å². The highest BCUT2D eigenvalue weighted by Gasteiger charge is 2.41. The number of nitrogens with one attached hydrogen (secondary N) is 1. The van der Waals surface area contributed by atoms with Crippen molar-refractivity contribution in [3.05, 3.63) is 33.3 Å². The summed E-state index contributed by atoms with van der Waals surface area (Å²) in [5.74, 6) is -0.624. The minimum absolute atomic E-state index is 0.0763. The molecule has 164 valence electrons. The summed E-state index contributed by atoms with van der Waals surface area (Å²) in [4.78, 5) is 22.9. The smallest absolute Gasteiger partial charge is 0.435 e. The number of alkyl halides is 3. The van der Waals surface area contributed by atoms with Gasteiger partial charge in [0.25, 0.3) is 0 Å². The number of rotatable bonds is 8. The molecule has 0 saturated carbocycles. The number of carbonyl (C=O) groups excluding carboxylic acids is 1. The molecule has 0 aliphatic heterocycles. The second kappa shape index (κ2) is 8.32. The number of nitrogens with zero attached hydrogens (tertiary/aromatic N) is 5. The van der Waals surface area contributed by atoms with Crippen LogP contribution in [0.25, 0.3) is 0 Å². The second-order valence-corrected chi connectivity index (χ2v) is 6.83. The zero-order chi connectivity index (χ0) is 22.1. The van der Waals surface area contributed by atoms with Gasteiger partial charge in [-0.1, -0.05) is 6.92 Å². The Morgan fingerprint density at radius 2 is 2.13 bits per heavy atom. The van der Waals surface area contributed by atoms with Crippen LogP contribution in [0.2, 0.25) is 0 Å². The Labute approximate surface area is 169 Å². The number of carbonyl (C=O) groups is 1. The summed E-state index contributed by atoms with van der Waals surface area (Å²) < 4.78 is 47.2. The quantitative estimate of drug-likeness (QED) is 0.507. The fourth-order valence-electron chi connectivity index (χ4n) is 3.61. The number of aromatic nitrogens is 4. The number of fused-ring (bicyclic) bond motifs is 1. The van der Waals surface area contributed by atoms with E-state index in [4.69, 9.17) is 4.74 Å². The first kappa shape index (κ1) is 21.6. The SMILES string of the molecule is CC[C@@H](C(=O)NCCn1cc([N+](=O)[O-])c(OC)n1)n1nc(C(F)(F)F)c2c1CCC2. The Kier molecular flexibility index (Phi) is 5.99. The maximum Gasteiger partial charge on any atom is 0.435 e. The van der Waals surface area contributed by atoms with Gasteiger partial charge in [0, 0.05) is 17.8 Å². The third kappa shape index (κ3) is 4.09. The Balaban J connectivity index is 1.70. The third-order valence-corrected chi connectivity index (χ3v) is 4.95. The zero-order valence-corrected chi connectivity index (χ0v) is 16.4. The number of hydrogen-bond acceptors (Lipinski definition) is 6. The first-order chi connectivity index (χ1) is 14.2. The van der Waals surface area contributed by atoms with Crippen LogP contribution in [0.1, 0.15) is 42.8 Å². The normalized spacial score (nSPS) is 14.4. The minimum atomic E-state index is -4.57. The lowest BCUT2D eigenvalue weighted by molar-refractivity contribution is -0.385. The average molecular weight is 430 g/mol. The van der Waals surface area contributed by atoms with Gasteiger partial charge >= 0.3 is 17.7 Å². The molecule has 2 aromatic heterocycles. The van der Waals surface area contributed by atoms with E-state index in [0.717, 1.165) is 0 Å². The van der Waals surface area contributed by atoms with Gasteiger partial charge in [-0.25, -0.2) is 0 Å². The lowest BCUT2D eigenvalue weighted by Crippen LogP contribution is -2.35. The van der Waals surface area contributed by atoms with Crippen molar-refractivity contribution in [1.82, 2.24) is 24.9 Å². The van der Waals surface area contributed by atoms with Crippen LogP contribution in [-0.4, -0.2) is 44.0 Å². The predicted octanol–water partition coefficient (Wildman–Crippen LogP) is 2.27. The summed E-state index contributed by atoms with van der Waals surface area (Å²) in [5.41, 5.74) is -0.597. The van der Waals surface area contributed by atoms with Crippen LogP contribution in [-0.2, 0) is 30.4 Å². The van der Waals surface area contributed by atoms with Gasteiger partial charge in [-0.05, 0) is 25.7 Å². The largest absolute Gasteiger partial charge is 0.475 e. The molecule has 0 fully saturated rings. The fraction of sp³-hybridized carbons (Fsp3) is 0.588. The van der Waals surface area contributed by atoms with Crippen LogP contribution in [0, 0.1) is 10.1 Å². The van der Waals surface area contributed by atoms with Crippen LogP contribution < -0.4 is 10.1 Å². The highest BCUT2D eigenvalue weighted by atomic mass is 19.4. The highest BCUT2D eigenvalue weighted by molar-refractivity contribution is 5.80. The molecule has 1 amide bonds. The Morgan fingerprint density at radius 1 is 1.40 bits per heavy atom. The van der Waals surface area contributed by atoms with Gasteiger partial charge in [-0.2, -0.15) is 18.3 Å². The number of halogens is 3. The number of amides is 1. The van der Waals surface area contributed by atoms with Gasteiger partial charge in [0.15, 0.2) is 5.69 Å². The monoisotopic (exact) mass is 430 g/mol. The van der Waals surface area contributed by atoms with E-state index in [1.807, 2.05) is 0 Å². The van der Waals surface area contributed by atoms with E-state index in [1.54, 1.807) is 6.92 Å². The molecule has 13 heteroatoms. The highest BCUT2D eigenvalue weighted by Crippen LogP contribution is 2.37. The van der Waals surface area contributed by atoms with Crippen LogP contribution >= 0.6 is 0 Å². The molecule has 3 rings (SSSR count). The zero-order valence-electron chi connectivity index (χ0n) is 16.4. The number of nitro groups is 1. The summed E-state index contributed by atoms with van der Waals surface area (Å²) in [6.07, 6.45) is -1.80. The molecule has 1 aliphatic carbocycles. The molecule has 30 heavy (non-hydrogen) atoms. The number of hydrogen-bond donors (Lipinski definition) is 1. The van der Waals surface area contributed by atoms with E-state index in [0.29, 0.717) is 25.0 Å². The minimum Gasteiger partial charge on any atom is -0.475 e. The Bertz CT molecular complexity index is 952. The van der Waals surface area contributed by atoms with Crippen molar-refractivity contribution in [2.45, 2.75) is 51.4 Å². The molecule has 1 N–H and O–H groups in total. The molecule has 0 aromatic carbocycles. The van der Waals surface area contributed by atoms with Crippen molar-refractivity contribution in [3.63, 3.8) is 0 Å². The molecule has 1 aliphatic rings. The van der Waals surface area contributed by atoms with Gasteiger partial charge in [0.1, 0.15) is 12.2 Å². The topological polar surface area (TPSA) is 117 Å². The van der Waals surface area contributed by atoms with Gasteiger partial charge in [0.05, 0.1) is 18.6 Å². The van der Waals surface area contributed by atoms with Gasteiger partial charge in [-0.3, -0.25) is 24.3 Å². The van der Waals surface area contributed by atoms with E-state index in [9.17, 15) is 28.1 Å². The summed E-state index contributed by atoms with van der Waals surface area (Å²) in [6, 6.07) is -0.880. The number of methoxy groups -OCH3 is 1. The number of ether oxygens (including phenoxy) is 1. The summed E-state index contributed by atoms with van der Waals surface area (Å²) >= 11 is 0. The molecular formula is C17H21F3N6O4. The van der Waals surface area contributed by atoms with E-state index in [2.05, 4.69) is 15.5 Å². The molecule has 2 aromatic rings. The molecule has 0 unspecified atom stereocenters. The molecule has 1 atom stereocenters. The van der Waals surface area contributed by atoms with Crippen LogP contribution in [0.3, 0.4) is 0 Å². The van der Waals surface area contributed by atoms with Crippen molar-refractivity contribution in [1.29, 1.82) is 0 Å². The molecule has 0 spiro atoms. The van der Waals surface area contributed by atoms with Crippen LogP contribution in [0.5, 0.6) is 5.88 Å². The maximum absolute atomic E-state index is 13.3. The van der Waals surface area contributed by atoms with Crippen molar-refractivity contribution in [2.75, 3.05) is 13.7 Å². The lowest BCUT2D eigenvalue weighted by atomic mass is 10.1. The molecule has 0 radical (unpaired) electrons. The lowest BCUT2D eigenvalue weighted by Gasteiger charge is -2.18. The standard InChI is InChI=1S/C17H21F3N6O4/c1-3-11(25-12-6-4-5-10(12)14(22-25)17(18,19)20)15(27)21-7-8-24-9-13(26(28)29)16(23-24)30-2/h9,11H,3-8H2,1-2H3,(H,21,27)/t11-/m0/s1. The average Bonchev–Trinajstić information content (AvgIpc) is 3.37. The van der Waals surface area contributed by atoms with Crippen molar-refractivity contribution in [2.24, 2.45) is 0 Å². The maximum atomic E-state index is 13.3. The molecular weight excluding hydrogens is 409 g/mol. The van der Waals surface area contributed by atoms with Gasteiger partial charge in [0.2, 0.25) is 5.91 Å². The summed E-state index contributed by atoms with van der Waals surface area (Å²) in [6.45, 7) is 1.90. The predicted molar refractivity (Wildman–Crippen MR) is 97.0 cm³/mol. The van der Waals surface area contributed by atoms with E-state index in [1.165, 1.54) is 22.7 Å². The summed E-state index contributed by atoms with van der Waals surface area (Å²) in [7, 11) is 1.25. The van der Waals surface area contributed by atoms with E-state index in [-0.39, 0.29) is 36.6 Å². The van der Waals surface area contributed by atoms with Crippen molar-refractivity contribution >= 4 is 11.6 Å². The molecule has 0 bridgehead atoms. The Morgan fingerprint density at radius 3 is 2.70 bits per heavy atom. The van der Waals surface area contributed by atoms with Gasteiger partial charge in [-0.15, -0.1) is 5.10 Å². The summed E-state index contributed by atoms with van der Waals surface area (Å²) in [5, 5.41) is 21.2. The Hall–Kier alpha value is -3.12. The molecule has 0 saturated heterocycles. The van der Waals surface area contributed by atoms with Crippen LogP contribution in [0.4, 0.5) is 18.9 Å². The fourth-order valence-corrected chi connectivity index (χ4v) is 3.61. The van der Waals surface area contributed by atoms with E-state index < -0.39 is 28.7 Å². The van der Waals surface area contributed by atoms with Crippen molar-refractivity contribution < 1.29 is 27.6 Å². The van der Waals surface area contributed by atoms with Gasteiger partial charge < -0.3 is 10.1 Å².